The zero-order valence-corrected chi connectivity index (χ0v) is 11.1. The number of ether oxygens (including phenoxy) is 1. The first kappa shape index (κ1) is 13.5. The Morgan fingerprint density at radius 2 is 2.05 bits per heavy atom. The van der Waals surface area contributed by atoms with E-state index in [2.05, 4.69) is 10.5 Å². The Bertz CT molecular complexity index is 482. The molecule has 19 heavy (non-hydrogen) atoms. The molecule has 0 aliphatic carbocycles. The van der Waals surface area contributed by atoms with E-state index in [1.165, 1.54) is 0 Å². The van der Waals surface area contributed by atoms with Crippen LogP contribution in [0.25, 0.3) is 0 Å². The fourth-order valence-electron chi connectivity index (χ4n) is 2.07. The van der Waals surface area contributed by atoms with E-state index in [0.29, 0.717) is 11.4 Å². The molecule has 1 amide bonds. The van der Waals surface area contributed by atoms with E-state index < -0.39 is 0 Å². The van der Waals surface area contributed by atoms with Gasteiger partial charge in [0, 0.05) is 5.69 Å². The second-order valence-corrected chi connectivity index (χ2v) is 4.76. The lowest BCUT2D eigenvalue weighted by atomic mass is 10.1. The number of benzene rings is 1. The highest BCUT2D eigenvalue weighted by Gasteiger charge is 2.28. The van der Waals surface area contributed by atoms with Crippen molar-refractivity contribution in [2.24, 2.45) is 5.16 Å². The molecular formula is C14H18N2O3. The van der Waals surface area contributed by atoms with Gasteiger partial charge >= 0.3 is 0 Å². The van der Waals surface area contributed by atoms with Crippen molar-refractivity contribution in [3.8, 4) is 0 Å². The summed E-state index contributed by atoms with van der Waals surface area (Å²) in [6, 6.07) is 7.15. The van der Waals surface area contributed by atoms with Crippen molar-refractivity contribution < 1.29 is 14.7 Å². The molecule has 2 atom stereocenters. The number of nitrogens with one attached hydrogen (secondary N) is 1. The van der Waals surface area contributed by atoms with Crippen molar-refractivity contribution in [1.29, 1.82) is 0 Å². The molecule has 1 heterocycles. The molecule has 102 valence electrons. The first-order valence-electron chi connectivity index (χ1n) is 6.35. The lowest BCUT2D eigenvalue weighted by Gasteiger charge is -2.12. The van der Waals surface area contributed by atoms with Crippen molar-refractivity contribution in [1.82, 2.24) is 0 Å². The van der Waals surface area contributed by atoms with Gasteiger partial charge in [0.2, 0.25) is 0 Å². The summed E-state index contributed by atoms with van der Waals surface area (Å²) in [5.41, 5.74) is 2.06. The topological polar surface area (TPSA) is 70.9 Å². The zero-order chi connectivity index (χ0) is 13.8. The van der Waals surface area contributed by atoms with Crippen molar-refractivity contribution in [2.45, 2.75) is 38.9 Å². The third-order valence-electron chi connectivity index (χ3n) is 3.24. The molecule has 5 heteroatoms. The largest absolute Gasteiger partial charge is 0.411 e. The summed E-state index contributed by atoms with van der Waals surface area (Å²) in [6.45, 7) is 3.68. The van der Waals surface area contributed by atoms with Crippen LogP contribution in [0.3, 0.4) is 0 Å². The molecule has 1 aliphatic rings. The highest BCUT2D eigenvalue weighted by Crippen LogP contribution is 2.20. The third kappa shape index (κ3) is 3.32. The summed E-state index contributed by atoms with van der Waals surface area (Å²) in [6.07, 6.45) is 1.49. The van der Waals surface area contributed by atoms with Gasteiger partial charge < -0.3 is 15.3 Å². The van der Waals surface area contributed by atoms with Gasteiger partial charge in [-0.2, -0.15) is 0 Å². The Morgan fingerprint density at radius 3 is 2.58 bits per heavy atom. The summed E-state index contributed by atoms with van der Waals surface area (Å²) in [5.74, 6) is -0.107. The molecule has 0 bridgehead atoms. The molecule has 0 aromatic heterocycles. The van der Waals surface area contributed by atoms with Gasteiger partial charge in [-0.25, -0.2) is 0 Å². The van der Waals surface area contributed by atoms with Gasteiger partial charge in [0.25, 0.3) is 5.91 Å². The fraction of sp³-hybridized carbons (Fsp3) is 0.429. The summed E-state index contributed by atoms with van der Waals surface area (Å²) >= 11 is 0. The zero-order valence-electron chi connectivity index (χ0n) is 11.1. The molecule has 1 fully saturated rings. The smallest absolute Gasteiger partial charge is 0.253 e. The Kier molecular flexibility index (Phi) is 4.16. The predicted molar refractivity (Wildman–Crippen MR) is 72.6 cm³/mol. The van der Waals surface area contributed by atoms with Crippen LogP contribution in [-0.2, 0) is 9.53 Å². The van der Waals surface area contributed by atoms with Gasteiger partial charge in [-0.1, -0.05) is 17.3 Å². The third-order valence-corrected chi connectivity index (χ3v) is 3.24. The van der Waals surface area contributed by atoms with Crippen LogP contribution in [0, 0.1) is 0 Å². The average molecular weight is 262 g/mol. The minimum Gasteiger partial charge on any atom is -0.411 e. The van der Waals surface area contributed by atoms with Gasteiger partial charge in [0.05, 0.1) is 11.8 Å². The predicted octanol–water partition coefficient (Wildman–Crippen LogP) is 2.39. The highest BCUT2D eigenvalue weighted by molar-refractivity contribution is 5.99. The molecule has 2 unspecified atom stereocenters. The van der Waals surface area contributed by atoms with Gasteiger partial charge in [-0.15, -0.1) is 0 Å². The van der Waals surface area contributed by atoms with Crippen molar-refractivity contribution in [3.05, 3.63) is 29.8 Å². The standard InChI is InChI=1S/C14H18N2O3/c1-9-3-8-13(19-9)14(17)15-12-6-4-11(5-7-12)10(2)16-18/h4-7,9,13,18H,3,8H2,1-2H3,(H,15,17)/b16-10+. The van der Waals surface area contributed by atoms with Crippen LogP contribution in [0.15, 0.2) is 29.4 Å². The molecule has 1 saturated heterocycles. The summed E-state index contributed by atoms with van der Waals surface area (Å²) < 4.78 is 5.51. The highest BCUT2D eigenvalue weighted by atomic mass is 16.5. The monoisotopic (exact) mass is 262 g/mol. The molecule has 2 rings (SSSR count). The van der Waals surface area contributed by atoms with Crippen LogP contribution in [0.5, 0.6) is 0 Å². The first-order chi connectivity index (χ1) is 9.10. The van der Waals surface area contributed by atoms with Crippen molar-refractivity contribution in [2.75, 3.05) is 5.32 Å². The molecular weight excluding hydrogens is 244 g/mol. The van der Waals surface area contributed by atoms with E-state index in [1.807, 2.05) is 6.92 Å². The van der Waals surface area contributed by atoms with Crippen molar-refractivity contribution in [3.63, 3.8) is 0 Å². The summed E-state index contributed by atoms with van der Waals surface area (Å²) in [7, 11) is 0. The lowest BCUT2D eigenvalue weighted by molar-refractivity contribution is -0.126. The molecule has 1 aromatic rings. The Morgan fingerprint density at radius 1 is 1.37 bits per heavy atom. The first-order valence-corrected chi connectivity index (χ1v) is 6.35. The van der Waals surface area contributed by atoms with E-state index in [9.17, 15) is 4.79 Å². The number of carbonyl (C=O) groups excluding carboxylic acids is 1. The molecule has 0 saturated carbocycles. The number of anilines is 1. The quantitative estimate of drug-likeness (QED) is 0.499. The van der Waals surface area contributed by atoms with Crippen LogP contribution in [-0.4, -0.2) is 29.0 Å². The Labute approximate surface area is 112 Å². The van der Waals surface area contributed by atoms with E-state index in [4.69, 9.17) is 9.94 Å². The molecule has 0 radical (unpaired) electrons. The second kappa shape index (κ2) is 5.84. The van der Waals surface area contributed by atoms with Crippen LogP contribution in [0.1, 0.15) is 32.3 Å². The Hall–Kier alpha value is -1.88. The van der Waals surface area contributed by atoms with Crippen LogP contribution in [0.4, 0.5) is 5.69 Å². The van der Waals surface area contributed by atoms with Crippen LogP contribution < -0.4 is 5.32 Å². The maximum Gasteiger partial charge on any atom is 0.253 e. The maximum atomic E-state index is 11.9. The minimum absolute atomic E-state index is 0.107. The normalized spacial score (nSPS) is 23.4. The molecule has 0 spiro atoms. The number of rotatable bonds is 3. The molecule has 1 aromatic carbocycles. The minimum atomic E-state index is -0.351. The van der Waals surface area contributed by atoms with E-state index in [1.54, 1.807) is 31.2 Å². The van der Waals surface area contributed by atoms with Crippen molar-refractivity contribution >= 4 is 17.3 Å². The van der Waals surface area contributed by atoms with Crippen LogP contribution in [0.2, 0.25) is 0 Å². The van der Waals surface area contributed by atoms with E-state index in [-0.39, 0.29) is 18.1 Å². The van der Waals surface area contributed by atoms with Gasteiger partial charge in [0.15, 0.2) is 0 Å². The Balaban J connectivity index is 1.98. The number of hydrogen-bond donors (Lipinski definition) is 2. The van der Waals surface area contributed by atoms with Gasteiger partial charge in [-0.3, -0.25) is 4.79 Å². The van der Waals surface area contributed by atoms with Crippen LogP contribution >= 0.6 is 0 Å². The summed E-state index contributed by atoms with van der Waals surface area (Å²) in [4.78, 5) is 11.9. The number of nitrogens with zero attached hydrogens (tertiary/aromatic N) is 1. The molecule has 5 nitrogen and oxygen atoms in total. The number of amides is 1. The molecule has 2 N–H and O–H groups in total. The molecule has 1 aliphatic heterocycles. The average Bonchev–Trinajstić information content (AvgIpc) is 2.85. The maximum absolute atomic E-state index is 11.9. The number of hydrogen-bond acceptors (Lipinski definition) is 4. The second-order valence-electron chi connectivity index (χ2n) is 4.76. The lowest BCUT2D eigenvalue weighted by Crippen LogP contribution is -2.27. The van der Waals surface area contributed by atoms with E-state index in [0.717, 1.165) is 18.4 Å². The number of carbonyl (C=O) groups is 1. The fourth-order valence-corrected chi connectivity index (χ4v) is 2.07. The van der Waals surface area contributed by atoms with Gasteiger partial charge in [-0.05, 0) is 44.4 Å². The van der Waals surface area contributed by atoms with E-state index >= 15 is 0 Å². The summed E-state index contributed by atoms with van der Waals surface area (Å²) in [5, 5.41) is 14.6. The SMILES string of the molecule is C/C(=N\O)c1ccc(NC(=O)C2CCC(C)O2)cc1. The number of oxime groups is 1. The van der Waals surface area contributed by atoms with Gasteiger partial charge in [0.1, 0.15) is 6.10 Å².